The lowest BCUT2D eigenvalue weighted by Crippen LogP contribution is -2.64. The van der Waals surface area contributed by atoms with Gasteiger partial charge in [-0.2, -0.15) is 15.5 Å². The Morgan fingerprint density at radius 2 is 1.57 bits per heavy atom. The molecule has 14 nitrogen and oxygen atoms in total. The van der Waals surface area contributed by atoms with Crippen molar-refractivity contribution in [3.63, 3.8) is 0 Å². The molecular formula is C43H45F3N10O4. The van der Waals surface area contributed by atoms with Crippen LogP contribution in [0.5, 0.6) is 0 Å². The van der Waals surface area contributed by atoms with E-state index in [1.54, 1.807) is 26.0 Å². The number of carbonyl (C=O) groups excluding carboxylic acids is 3. The Morgan fingerprint density at radius 1 is 0.900 bits per heavy atom. The second-order valence-corrected chi connectivity index (χ2v) is 17.0. The Balaban J connectivity index is 0.792. The minimum Gasteiger partial charge on any atom is -0.386 e. The third-order valence-electron chi connectivity index (χ3n) is 12.8. The Hall–Kier alpha value is -5.83. The maximum absolute atomic E-state index is 15.1. The predicted octanol–water partition coefficient (Wildman–Crippen LogP) is 4.96. The minimum absolute atomic E-state index is 0.00549. The number of hydrogen-bond acceptors (Lipinski definition) is 10. The van der Waals surface area contributed by atoms with Gasteiger partial charge in [0, 0.05) is 97.9 Å². The first-order valence-electron chi connectivity index (χ1n) is 20.4. The molecule has 0 spiro atoms. The molecule has 0 unspecified atom stereocenters. The van der Waals surface area contributed by atoms with Gasteiger partial charge in [0.1, 0.15) is 28.9 Å². The molecule has 3 aromatic heterocycles. The van der Waals surface area contributed by atoms with E-state index in [1.807, 2.05) is 21.8 Å². The summed E-state index contributed by atoms with van der Waals surface area (Å²) >= 11 is 0. The third-order valence-corrected chi connectivity index (χ3v) is 12.8. The van der Waals surface area contributed by atoms with E-state index in [1.165, 1.54) is 24.4 Å². The van der Waals surface area contributed by atoms with Crippen LogP contribution in [0.3, 0.4) is 0 Å². The van der Waals surface area contributed by atoms with Crippen molar-refractivity contribution >= 4 is 45.5 Å². The molecular weight excluding hydrogens is 778 g/mol. The number of piperazine rings is 1. The monoisotopic (exact) mass is 822 g/mol. The van der Waals surface area contributed by atoms with Crippen LogP contribution in [-0.2, 0) is 15.2 Å². The molecule has 5 aromatic rings. The van der Waals surface area contributed by atoms with Crippen LogP contribution in [0.25, 0.3) is 16.4 Å². The standard InChI is InChI=1S/C43H45F3N10O4/c1-43(2,60)31-17-35-25(14-36(31)49-42(59)38-18-32(44)37-13-24(19-47)20-48-56(37)38)21-55(51-35)27-5-3-26(4-6-27)52-9-11-53(12-10-52)29-22-54(23-29)28-15-33(45)40(34(46)16-28)30-7-8-39(57)50-41(30)58/h13-18,20-21,26-27,29-30,60H,3-12,22-23H2,1-2H3,(H,49,59)(H,50,57,58)/t26?,27?,30-/m1/s1. The molecule has 3 amide bonds. The van der Waals surface area contributed by atoms with E-state index in [0.717, 1.165) is 67.8 Å². The van der Waals surface area contributed by atoms with Gasteiger partial charge < -0.3 is 15.3 Å². The number of rotatable bonds is 8. The number of nitriles is 1. The number of fused-ring (bicyclic) bond motifs is 2. The summed E-state index contributed by atoms with van der Waals surface area (Å²) in [6.07, 6.45) is 7.30. The van der Waals surface area contributed by atoms with Crippen LogP contribution >= 0.6 is 0 Å². The van der Waals surface area contributed by atoms with Crippen molar-refractivity contribution in [3.8, 4) is 6.07 Å². The Labute approximate surface area is 343 Å². The van der Waals surface area contributed by atoms with E-state index >= 15 is 8.78 Å². The second kappa shape index (κ2) is 15.3. The molecule has 1 aliphatic carbocycles. The Kier molecular flexibility index (Phi) is 10.1. The highest BCUT2D eigenvalue weighted by molar-refractivity contribution is 6.05. The second-order valence-electron chi connectivity index (χ2n) is 17.0. The molecule has 1 atom stereocenters. The largest absolute Gasteiger partial charge is 0.386 e. The van der Waals surface area contributed by atoms with Gasteiger partial charge in [-0.15, -0.1) is 0 Å². The molecule has 3 saturated heterocycles. The highest BCUT2D eigenvalue weighted by Crippen LogP contribution is 2.37. The summed E-state index contributed by atoms with van der Waals surface area (Å²) in [5, 5.41) is 35.1. The Bertz CT molecular complexity index is 2550. The van der Waals surface area contributed by atoms with Gasteiger partial charge in [-0.3, -0.25) is 34.2 Å². The van der Waals surface area contributed by atoms with E-state index < -0.39 is 46.7 Å². The lowest BCUT2D eigenvalue weighted by Gasteiger charge is -2.50. The molecule has 3 aliphatic heterocycles. The number of aliphatic hydroxyl groups is 1. The number of hydrogen-bond donors (Lipinski definition) is 3. The summed E-state index contributed by atoms with van der Waals surface area (Å²) in [6, 6.07) is 11.4. The zero-order valence-corrected chi connectivity index (χ0v) is 33.3. The molecule has 17 heteroatoms. The van der Waals surface area contributed by atoms with E-state index in [0.29, 0.717) is 41.6 Å². The predicted molar refractivity (Wildman–Crippen MR) is 215 cm³/mol. The molecule has 9 rings (SSSR count). The highest BCUT2D eigenvalue weighted by atomic mass is 19.1. The van der Waals surface area contributed by atoms with Gasteiger partial charge in [-0.05, 0) is 76.3 Å². The van der Waals surface area contributed by atoms with Gasteiger partial charge in [0.25, 0.3) is 5.91 Å². The van der Waals surface area contributed by atoms with Crippen LogP contribution < -0.4 is 15.5 Å². The zero-order chi connectivity index (χ0) is 42.0. The maximum atomic E-state index is 15.1. The zero-order valence-electron chi connectivity index (χ0n) is 33.3. The first-order chi connectivity index (χ1) is 28.7. The summed E-state index contributed by atoms with van der Waals surface area (Å²) < 4.78 is 48.2. The lowest BCUT2D eigenvalue weighted by molar-refractivity contribution is -0.134. The number of carbonyl (C=O) groups is 3. The number of aromatic nitrogens is 4. The van der Waals surface area contributed by atoms with Gasteiger partial charge in [0.05, 0.1) is 34.8 Å². The summed E-state index contributed by atoms with van der Waals surface area (Å²) in [5.74, 6) is -4.94. The van der Waals surface area contributed by atoms with Gasteiger partial charge in [0.2, 0.25) is 11.8 Å². The summed E-state index contributed by atoms with van der Waals surface area (Å²) in [5.41, 5.74) is 0.465. The van der Waals surface area contributed by atoms with Crippen molar-refractivity contribution in [2.24, 2.45) is 0 Å². The van der Waals surface area contributed by atoms with Gasteiger partial charge >= 0.3 is 0 Å². The van der Waals surface area contributed by atoms with Crippen LogP contribution in [0.15, 0.2) is 48.8 Å². The minimum atomic E-state index is -1.33. The molecule has 2 aromatic carbocycles. The average Bonchev–Trinajstić information content (AvgIpc) is 3.77. The number of imide groups is 1. The fraction of sp³-hybridized carbons (Fsp3) is 0.442. The molecule has 4 aliphatic rings. The number of piperidine rings is 1. The average molecular weight is 823 g/mol. The molecule has 312 valence electrons. The van der Waals surface area contributed by atoms with Crippen molar-refractivity contribution < 1.29 is 32.7 Å². The van der Waals surface area contributed by atoms with E-state index in [9.17, 15) is 29.1 Å². The van der Waals surface area contributed by atoms with E-state index in [2.05, 4.69) is 25.5 Å². The summed E-state index contributed by atoms with van der Waals surface area (Å²) in [4.78, 5) is 44.3. The van der Waals surface area contributed by atoms with Crippen LogP contribution in [-0.4, -0.2) is 103 Å². The van der Waals surface area contributed by atoms with E-state index in [-0.39, 0.29) is 47.3 Å². The molecule has 0 radical (unpaired) electrons. The number of anilines is 2. The van der Waals surface area contributed by atoms with Crippen molar-refractivity contribution in [2.45, 2.75) is 82.0 Å². The van der Waals surface area contributed by atoms with Crippen molar-refractivity contribution in [1.29, 1.82) is 5.26 Å². The first kappa shape index (κ1) is 39.6. The molecule has 60 heavy (non-hydrogen) atoms. The fourth-order valence-electron chi connectivity index (χ4n) is 9.45. The van der Waals surface area contributed by atoms with Crippen molar-refractivity contribution in [3.05, 3.63) is 88.6 Å². The first-order valence-corrected chi connectivity index (χ1v) is 20.4. The maximum Gasteiger partial charge on any atom is 0.274 e. The van der Waals surface area contributed by atoms with Crippen molar-refractivity contribution in [1.82, 2.24) is 34.5 Å². The quantitative estimate of drug-likeness (QED) is 0.182. The van der Waals surface area contributed by atoms with Crippen LogP contribution in [0.4, 0.5) is 24.5 Å². The molecule has 3 N–H and O–H groups in total. The molecule has 6 heterocycles. The van der Waals surface area contributed by atoms with Crippen molar-refractivity contribution in [2.75, 3.05) is 49.5 Å². The number of nitrogens with zero attached hydrogens (tertiary/aromatic N) is 8. The third kappa shape index (κ3) is 7.37. The number of amides is 3. The van der Waals surface area contributed by atoms with E-state index in [4.69, 9.17) is 5.10 Å². The fourth-order valence-corrected chi connectivity index (χ4v) is 9.45. The number of halogens is 3. The van der Waals surface area contributed by atoms with Crippen LogP contribution in [0.1, 0.15) is 91.5 Å². The van der Waals surface area contributed by atoms with Gasteiger partial charge in [-0.1, -0.05) is 0 Å². The topological polar surface area (TPSA) is 164 Å². The van der Waals surface area contributed by atoms with Gasteiger partial charge in [0.15, 0.2) is 5.82 Å². The number of benzene rings is 2. The molecule has 0 bridgehead atoms. The highest BCUT2D eigenvalue weighted by Gasteiger charge is 2.38. The van der Waals surface area contributed by atoms with Crippen LogP contribution in [0, 0.1) is 28.8 Å². The summed E-state index contributed by atoms with van der Waals surface area (Å²) in [7, 11) is 0. The number of nitrogens with one attached hydrogen (secondary N) is 2. The molecule has 4 fully saturated rings. The van der Waals surface area contributed by atoms with Gasteiger partial charge in [-0.25, -0.2) is 17.7 Å². The Morgan fingerprint density at radius 3 is 2.22 bits per heavy atom. The smallest absolute Gasteiger partial charge is 0.274 e. The normalized spacial score (nSPS) is 22.2. The molecule has 1 saturated carbocycles. The lowest BCUT2D eigenvalue weighted by atomic mass is 9.89. The summed E-state index contributed by atoms with van der Waals surface area (Å²) in [6.45, 7) is 8.29. The van der Waals surface area contributed by atoms with Crippen LogP contribution in [0.2, 0.25) is 0 Å². The SMILES string of the molecule is CC(C)(O)c1cc2nn(C3CCC(N4CCN(C5CN(c6cc(F)c([C@H]7CCC(=O)NC7=O)c(F)c6)C5)CC4)CC3)cc2cc1NC(=O)c1cc(F)c2cc(C#N)cnn12.